The molecule has 0 spiro atoms. The highest BCUT2D eigenvalue weighted by atomic mass is 16.5. The fourth-order valence-electron chi connectivity index (χ4n) is 4.43. The van der Waals surface area contributed by atoms with Crippen molar-refractivity contribution in [2.75, 3.05) is 6.54 Å². The lowest BCUT2D eigenvalue weighted by molar-refractivity contribution is 0.423. The minimum absolute atomic E-state index is 0.705. The van der Waals surface area contributed by atoms with Crippen molar-refractivity contribution >= 4 is 11.0 Å². The SMILES string of the molecule is c1ccc(CCc2cc(-c3c[nH]c4nccc(Oc5ccc6c(c5)CNCC6)c34)on2)cc1. The lowest BCUT2D eigenvalue weighted by atomic mass is 10.0. The molecule has 0 unspecified atom stereocenters. The van der Waals surface area contributed by atoms with E-state index in [4.69, 9.17) is 9.26 Å². The summed E-state index contributed by atoms with van der Waals surface area (Å²) < 4.78 is 12.1. The number of H-pyrrole nitrogens is 1. The number of pyridine rings is 1. The van der Waals surface area contributed by atoms with Gasteiger partial charge in [0, 0.05) is 25.0 Å². The second-order valence-electron chi connectivity index (χ2n) is 8.36. The smallest absolute Gasteiger partial charge is 0.169 e. The third kappa shape index (κ3) is 4.01. The maximum absolute atomic E-state index is 6.34. The first kappa shape index (κ1) is 19.8. The van der Waals surface area contributed by atoms with Crippen molar-refractivity contribution in [1.29, 1.82) is 0 Å². The summed E-state index contributed by atoms with van der Waals surface area (Å²) >= 11 is 0. The van der Waals surface area contributed by atoms with Crippen molar-refractivity contribution in [3.63, 3.8) is 0 Å². The molecule has 0 aliphatic carbocycles. The number of nitrogens with zero attached hydrogens (tertiary/aromatic N) is 2. The highest BCUT2D eigenvalue weighted by Gasteiger charge is 2.18. The first-order valence-electron chi connectivity index (χ1n) is 11.3. The van der Waals surface area contributed by atoms with Crippen LogP contribution in [0.2, 0.25) is 0 Å². The zero-order valence-corrected chi connectivity index (χ0v) is 18.2. The standard InChI is InChI=1S/C27H24N4O2/c1-2-4-18(5-3-1)6-8-21-15-25(33-31-21)23-17-30-27-26(23)24(11-13-29-27)32-22-9-7-19-10-12-28-16-20(19)14-22/h1-5,7,9,11,13-15,17,28H,6,8,10,12,16H2,(H,29,30). The Labute approximate surface area is 191 Å². The summed E-state index contributed by atoms with van der Waals surface area (Å²) in [6.07, 6.45) is 6.45. The van der Waals surface area contributed by atoms with E-state index >= 15 is 0 Å². The monoisotopic (exact) mass is 436 g/mol. The second kappa shape index (κ2) is 8.56. The fraction of sp³-hybridized carbons (Fsp3) is 0.185. The van der Waals surface area contributed by atoms with E-state index in [9.17, 15) is 0 Å². The van der Waals surface area contributed by atoms with Crippen molar-refractivity contribution in [3.05, 3.63) is 95.4 Å². The number of ether oxygens (including phenoxy) is 1. The van der Waals surface area contributed by atoms with Crippen LogP contribution in [0.4, 0.5) is 0 Å². The van der Waals surface area contributed by atoms with Gasteiger partial charge >= 0.3 is 0 Å². The molecule has 1 aliphatic rings. The van der Waals surface area contributed by atoms with Gasteiger partial charge in [-0.3, -0.25) is 0 Å². The van der Waals surface area contributed by atoms with Crippen LogP contribution in [0.15, 0.2) is 77.6 Å². The third-order valence-corrected chi connectivity index (χ3v) is 6.16. The predicted octanol–water partition coefficient (Wildman–Crippen LogP) is 5.44. The topological polar surface area (TPSA) is 76.0 Å². The quantitative estimate of drug-likeness (QED) is 0.371. The van der Waals surface area contributed by atoms with E-state index < -0.39 is 0 Å². The Balaban J connectivity index is 1.28. The molecule has 3 aromatic heterocycles. The summed E-state index contributed by atoms with van der Waals surface area (Å²) in [6, 6.07) is 20.6. The van der Waals surface area contributed by atoms with Gasteiger partial charge < -0.3 is 19.6 Å². The van der Waals surface area contributed by atoms with Crippen molar-refractivity contribution in [1.82, 2.24) is 20.4 Å². The van der Waals surface area contributed by atoms with Gasteiger partial charge in [-0.05, 0) is 60.7 Å². The molecule has 0 fully saturated rings. The molecule has 164 valence electrons. The first-order valence-corrected chi connectivity index (χ1v) is 11.3. The Kier molecular flexibility index (Phi) is 5.13. The van der Waals surface area contributed by atoms with Gasteiger partial charge in [0.15, 0.2) is 5.76 Å². The van der Waals surface area contributed by atoms with Crippen LogP contribution in [-0.2, 0) is 25.8 Å². The number of rotatable bonds is 6. The Bertz CT molecular complexity index is 1400. The molecule has 0 saturated heterocycles. The Hall–Kier alpha value is -3.90. The molecule has 6 rings (SSSR count). The average molecular weight is 437 g/mol. The lowest BCUT2D eigenvalue weighted by Crippen LogP contribution is -2.23. The van der Waals surface area contributed by atoms with Crippen LogP contribution < -0.4 is 10.1 Å². The van der Waals surface area contributed by atoms with E-state index in [1.807, 2.05) is 30.5 Å². The molecular formula is C27H24N4O2. The number of benzene rings is 2. The average Bonchev–Trinajstić information content (AvgIpc) is 3.51. The lowest BCUT2D eigenvalue weighted by Gasteiger charge is -2.18. The highest BCUT2D eigenvalue weighted by molar-refractivity contribution is 5.97. The van der Waals surface area contributed by atoms with Crippen molar-refractivity contribution in [2.24, 2.45) is 0 Å². The van der Waals surface area contributed by atoms with E-state index in [1.54, 1.807) is 6.20 Å². The zero-order valence-electron chi connectivity index (χ0n) is 18.2. The third-order valence-electron chi connectivity index (χ3n) is 6.16. The Morgan fingerprint density at radius 3 is 2.85 bits per heavy atom. The number of hydrogen-bond acceptors (Lipinski definition) is 5. The molecule has 5 aromatic rings. The summed E-state index contributed by atoms with van der Waals surface area (Å²) in [5.74, 6) is 2.26. The summed E-state index contributed by atoms with van der Waals surface area (Å²) in [5.41, 5.74) is 6.53. The minimum atomic E-state index is 0.705. The van der Waals surface area contributed by atoms with Gasteiger partial charge in [-0.25, -0.2) is 4.98 Å². The summed E-state index contributed by atoms with van der Waals surface area (Å²) in [4.78, 5) is 7.72. The number of hydrogen-bond donors (Lipinski definition) is 2. The van der Waals surface area contributed by atoms with E-state index in [-0.39, 0.29) is 0 Å². The normalized spacial score (nSPS) is 13.2. The molecular weight excluding hydrogens is 412 g/mol. The van der Waals surface area contributed by atoms with E-state index in [0.717, 1.165) is 66.1 Å². The van der Waals surface area contributed by atoms with E-state index in [0.29, 0.717) is 5.76 Å². The Morgan fingerprint density at radius 1 is 0.970 bits per heavy atom. The van der Waals surface area contributed by atoms with Gasteiger partial charge in [0.05, 0.1) is 16.6 Å². The van der Waals surface area contributed by atoms with Crippen molar-refractivity contribution in [3.8, 4) is 22.8 Å². The number of aromatic nitrogens is 3. The molecule has 33 heavy (non-hydrogen) atoms. The largest absolute Gasteiger partial charge is 0.457 e. The number of nitrogens with one attached hydrogen (secondary N) is 2. The summed E-state index contributed by atoms with van der Waals surface area (Å²) in [6.45, 7) is 1.90. The molecule has 0 amide bonds. The van der Waals surface area contributed by atoms with Crippen LogP contribution in [0, 0.1) is 0 Å². The fourth-order valence-corrected chi connectivity index (χ4v) is 4.43. The second-order valence-corrected chi connectivity index (χ2v) is 8.36. The van der Waals surface area contributed by atoms with E-state index in [1.165, 1.54) is 16.7 Å². The summed E-state index contributed by atoms with van der Waals surface area (Å²) in [5, 5.41) is 8.61. The number of fused-ring (bicyclic) bond motifs is 2. The molecule has 0 radical (unpaired) electrons. The van der Waals surface area contributed by atoms with E-state index in [2.05, 4.69) is 56.8 Å². The molecule has 2 aromatic carbocycles. The van der Waals surface area contributed by atoms with Crippen molar-refractivity contribution in [2.45, 2.75) is 25.8 Å². The molecule has 0 atom stereocenters. The highest BCUT2D eigenvalue weighted by Crippen LogP contribution is 2.37. The van der Waals surface area contributed by atoms with Gasteiger partial charge in [0.2, 0.25) is 0 Å². The molecule has 0 saturated carbocycles. The Morgan fingerprint density at radius 2 is 1.91 bits per heavy atom. The minimum Gasteiger partial charge on any atom is -0.457 e. The van der Waals surface area contributed by atoms with Crippen LogP contribution in [0.25, 0.3) is 22.4 Å². The molecule has 2 N–H and O–H groups in total. The van der Waals surface area contributed by atoms with Crippen LogP contribution in [0.3, 0.4) is 0 Å². The van der Waals surface area contributed by atoms with Gasteiger partial charge in [-0.2, -0.15) is 0 Å². The summed E-state index contributed by atoms with van der Waals surface area (Å²) in [7, 11) is 0. The molecule has 6 nitrogen and oxygen atoms in total. The van der Waals surface area contributed by atoms with Crippen LogP contribution in [0.5, 0.6) is 11.5 Å². The molecule has 4 heterocycles. The van der Waals surface area contributed by atoms with Crippen LogP contribution in [0.1, 0.15) is 22.4 Å². The molecule has 1 aliphatic heterocycles. The maximum Gasteiger partial charge on any atom is 0.169 e. The number of aromatic amines is 1. The van der Waals surface area contributed by atoms with Gasteiger partial charge in [0.1, 0.15) is 17.1 Å². The maximum atomic E-state index is 6.34. The molecule has 6 heteroatoms. The first-order chi connectivity index (χ1) is 16.3. The predicted molar refractivity (Wildman–Crippen MR) is 127 cm³/mol. The molecule has 0 bridgehead atoms. The van der Waals surface area contributed by atoms with Crippen LogP contribution >= 0.6 is 0 Å². The van der Waals surface area contributed by atoms with Gasteiger partial charge in [-0.1, -0.05) is 41.6 Å². The zero-order chi connectivity index (χ0) is 22.0. The van der Waals surface area contributed by atoms with Gasteiger partial charge in [-0.15, -0.1) is 0 Å². The van der Waals surface area contributed by atoms with Gasteiger partial charge in [0.25, 0.3) is 0 Å². The van der Waals surface area contributed by atoms with Crippen molar-refractivity contribution < 1.29 is 9.26 Å². The van der Waals surface area contributed by atoms with Crippen LogP contribution in [-0.4, -0.2) is 21.7 Å². The number of aryl methyl sites for hydroxylation is 2.